The fourth-order valence-corrected chi connectivity index (χ4v) is 2.51. The third kappa shape index (κ3) is 3.65. The van der Waals surface area contributed by atoms with E-state index in [4.69, 9.17) is 13.9 Å². The number of ether oxygens (including phenoxy) is 2. The molecule has 0 aliphatic rings. The van der Waals surface area contributed by atoms with Crippen molar-refractivity contribution in [3.8, 4) is 17.2 Å². The summed E-state index contributed by atoms with van der Waals surface area (Å²) >= 11 is 0. The third-order valence-electron chi connectivity index (χ3n) is 3.81. The van der Waals surface area contributed by atoms with E-state index in [-0.39, 0.29) is 17.0 Å². The molecule has 0 fully saturated rings. The minimum Gasteiger partial charge on any atom is -0.493 e. The smallest absolute Gasteiger partial charge is 0.235 e. The van der Waals surface area contributed by atoms with Crippen LogP contribution in [0.3, 0.4) is 0 Å². The lowest BCUT2D eigenvalue weighted by atomic mass is 10.1. The Morgan fingerprint density at radius 2 is 1.84 bits per heavy atom. The number of fused-ring (bicyclic) bond motifs is 1. The van der Waals surface area contributed by atoms with E-state index in [1.807, 2.05) is 13.8 Å². The molecule has 0 N–H and O–H groups in total. The first-order chi connectivity index (χ1) is 12.1. The normalized spacial score (nSPS) is 10.8. The maximum absolute atomic E-state index is 13.0. The second kappa shape index (κ2) is 7.38. The van der Waals surface area contributed by atoms with Crippen LogP contribution >= 0.6 is 0 Å². The van der Waals surface area contributed by atoms with Gasteiger partial charge < -0.3 is 13.9 Å². The Kier molecular flexibility index (Phi) is 5.03. The largest absolute Gasteiger partial charge is 0.493 e. The molecule has 25 heavy (non-hydrogen) atoms. The lowest BCUT2D eigenvalue weighted by Crippen LogP contribution is -2.06. The summed E-state index contributed by atoms with van der Waals surface area (Å²) in [6.45, 7) is 4.64. The molecule has 1 aromatic heterocycles. The summed E-state index contributed by atoms with van der Waals surface area (Å²) in [4.78, 5) is 12.7. The monoisotopic (exact) mass is 342 g/mol. The van der Waals surface area contributed by atoms with Crippen molar-refractivity contribution in [2.45, 2.75) is 26.7 Å². The average molecular weight is 342 g/mol. The zero-order chi connectivity index (χ0) is 17.8. The summed E-state index contributed by atoms with van der Waals surface area (Å²) in [6, 6.07) is 8.97. The van der Waals surface area contributed by atoms with Crippen LogP contribution in [0.5, 0.6) is 17.2 Å². The Hall–Kier alpha value is -2.82. The minimum absolute atomic E-state index is 0.0587. The summed E-state index contributed by atoms with van der Waals surface area (Å²) in [5, 5.41) is 0.431. The molecule has 4 nitrogen and oxygen atoms in total. The number of benzene rings is 2. The van der Waals surface area contributed by atoms with Crippen LogP contribution in [0.4, 0.5) is 4.39 Å². The molecule has 0 radical (unpaired) electrons. The predicted molar refractivity (Wildman–Crippen MR) is 94.1 cm³/mol. The lowest BCUT2D eigenvalue weighted by molar-refractivity contribution is 0.314. The Morgan fingerprint density at radius 1 is 1.08 bits per heavy atom. The molecule has 0 bridgehead atoms. The van der Waals surface area contributed by atoms with Crippen molar-refractivity contribution in [1.82, 2.24) is 0 Å². The number of rotatable bonds is 6. The summed E-state index contributed by atoms with van der Waals surface area (Å²) < 4.78 is 29.8. The van der Waals surface area contributed by atoms with Crippen molar-refractivity contribution < 1.29 is 18.3 Å². The second-order valence-corrected chi connectivity index (χ2v) is 5.64. The predicted octanol–water partition coefficient (Wildman–Crippen LogP) is 5.08. The van der Waals surface area contributed by atoms with Gasteiger partial charge in [-0.05, 0) is 48.7 Å². The molecule has 5 heteroatoms. The minimum atomic E-state index is -0.370. The first-order valence-corrected chi connectivity index (χ1v) is 8.27. The fourth-order valence-electron chi connectivity index (χ4n) is 2.51. The van der Waals surface area contributed by atoms with E-state index >= 15 is 0 Å². The second-order valence-electron chi connectivity index (χ2n) is 5.64. The van der Waals surface area contributed by atoms with Gasteiger partial charge in [-0.25, -0.2) is 4.39 Å². The van der Waals surface area contributed by atoms with E-state index < -0.39 is 0 Å². The number of halogens is 1. The van der Waals surface area contributed by atoms with Gasteiger partial charge in [0.15, 0.2) is 0 Å². The highest BCUT2D eigenvalue weighted by molar-refractivity contribution is 5.80. The van der Waals surface area contributed by atoms with Gasteiger partial charge >= 0.3 is 0 Å². The van der Waals surface area contributed by atoms with Crippen molar-refractivity contribution in [3.05, 3.63) is 64.3 Å². The van der Waals surface area contributed by atoms with Crippen molar-refractivity contribution in [2.75, 3.05) is 6.61 Å². The SMILES string of the molecule is CCCOc1cc2occ(Oc3ccc(F)cc3)c(=O)c2cc1CC. The topological polar surface area (TPSA) is 48.7 Å². The highest BCUT2D eigenvalue weighted by atomic mass is 19.1. The number of aryl methyl sites for hydroxylation is 1. The van der Waals surface area contributed by atoms with Gasteiger partial charge in [0.2, 0.25) is 11.2 Å². The quantitative estimate of drug-likeness (QED) is 0.627. The summed E-state index contributed by atoms with van der Waals surface area (Å²) in [6.07, 6.45) is 2.90. The Labute approximate surface area is 144 Å². The van der Waals surface area contributed by atoms with Crippen LogP contribution in [0.15, 0.2) is 51.9 Å². The van der Waals surface area contributed by atoms with Crippen molar-refractivity contribution in [3.63, 3.8) is 0 Å². The molecular formula is C20H19FO4. The van der Waals surface area contributed by atoms with Gasteiger partial charge in [0.05, 0.1) is 12.0 Å². The van der Waals surface area contributed by atoms with E-state index in [2.05, 4.69) is 0 Å². The molecule has 3 rings (SSSR count). The molecule has 3 aromatic rings. The van der Waals surface area contributed by atoms with Crippen LogP contribution in [0.2, 0.25) is 0 Å². The van der Waals surface area contributed by atoms with Crippen LogP contribution in [0.1, 0.15) is 25.8 Å². The molecule has 1 heterocycles. The zero-order valence-electron chi connectivity index (χ0n) is 14.2. The van der Waals surface area contributed by atoms with Crippen molar-refractivity contribution >= 4 is 11.0 Å². The van der Waals surface area contributed by atoms with Crippen molar-refractivity contribution in [2.24, 2.45) is 0 Å². The molecule has 0 spiro atoms. The Bertz CT molecular complexity index is 929. The molecule has 0 saturated heterocycles. The highest BCUT2D eigenvalue weighted by Crippen LogP contribution is 2.28. The van der Waals surface area contributed by atoms with E-state index in [1.54, 1.807) is 12.1 Å². The molecule has 2 aromatic carbocycles. The van der Waals surface area contributed by atoms with Crippen LogP contribution in [-0.2, 0) is 6.42 Å². The van der Waals surface area contributed by atoms with Gasteiger partial charge in [0.25, 0.3) is 0 Å². The molecule has 0 amide bonds. The van der Waals surface area contributed by atoms with E-state index in [1.165, 1.54) is 30.5 Å². The van der Waals surface area contributed by atoms with Gasteiger partial charge in [-0.1, -0.05) is 13.8 Å². The molecular weight excluding hydrogens is 323 g/mol. The summed E-state index contributed by atoms with van der Waals surface area (Å²) in [5.74, 6) is 0.785. The Morgan fingerprint density at radius 3 is 2.52 bits per heavy atom. The van der Waals surface area contributed by atoms with Gasteiger partial charge in [0.1, 0.15) is 29.2 Å². The lowest BCUT2D eigenvalue weighted by Gasteiger charge is -2.11. The van der Waals surface area contributed by atoms with Crippen LogP contribution in [0.25, 0.3) is 11.0 Å². The molecule has 0 unspecified atom stereocenters. The van der Waals surface area contributed by atoms with Crippen LogP contribution < -0.4 is 14.9 Å². The van der Waals surface area contributed by atoms with E-state index in [0.29, 0.717) is 23.3 Å². The maximum atomic E-state index is 13.0. The number of hydrogen-bond donors (Lipinski definition) is 0. The highest BCUT2D eigenvalue weighted by Gasteiger charge is 2.13. The third-order valence-corrected chi connectivity index (χ3v) is 3.81. The van der Waals surface area contributed by atoms with Crippen LogP contribution in [-0.4, -0.2) is 6.61 Å². The van der Waals surface area contributed by atoms with Crippen LogP contribution in [0, 0.1) is 5.82 Å². The summed E-state index contributed by atoms with van der Waals surface area (Å²) in [7, 11) is 0. The van der Waals surface area contributed by atoms with Gasteiger partial charge in [-0.2, -0.15) is 0 Å². The van der Waals surface area contributed by atoms with Crippen molar-refractivity contribution in [1.29, 1.82) is 0 Å². The van der Waals surface area contributed by atoms with E-state index in [9.17, 15) is 9.18 Å². The van der Waals surface area contributed by atoms with E-state index in [0.717, 1.165) is 24.2 Å². The first kappa shape index (κ1) is 17.0. The van der Waals surface area contributed by atoms with Gasteiger partial charge in [-0.15, -0.1) is 0 Å². The zero-order valence-corrected chi connectivity index (χ0v) is 14.2. The summed E-state index contributed by atoms with van der Waals surface area (Å²) in [5.41, 5.74) is 1.11. The first-order valence-electron chi connectivity index (χ1n) is 8.27. The molecule has 0 aliphatic heterocycles. The Balaban J connectivity index is 2.01. The average Bonchev–Trinajstić information content (AvgIpc) is 2.63. The van der Waals surface area contributed by atoms with Gasteiger partial charge in [0, 0.05) is 6.07 Å². The molecule has 0 aliphatic carbocycles. The molecule has 0 saturated carbocycles. The fraction of sp³-hybridized carbons (Fsp3) is 0.250. The maximum Gasteiger partial charge on any atom is 0.235 e. The molecule has 0 atom stereocenters. The van der Waals surface area contributed by atoms with Gasteiger partial charge in [-0.3, -0.25) is 4.79 Å². The number of hydrogen-bond acceptors (Lipinski definition) is 4. The molecule has 130 valence electrons. The standard InChI is InChI=1S/C20H19FO4/c1-3-9-23-17-11-18-16(10-13(17)4-2)20(22)19(12-24-18)25-15-7-5-14(21)6-8-15/h5-8,10-12H,3-4,9H2,1-2H3.